The minimum Gasteiger partial charge on any atom is -0.296 e. The van der Waals surface area contributed by atoms with E-state index in [1.54, 1.807) is 22.1 Å². The van der Waals surface area contributed by atoms with E-state index in [0.29, 0.717) is 30.2 Å². The molecule has 8 heteroatoms. The molecule has 0 amide bonds. The average Bonchev–Trinajstić information content (AvgIpc) is 2.99. The van der Waals surface area contributed by atoms with E-state index in [4.69, 9.17) is 0 Å². The van der Waals surface area contributed by atoms with Crippen LogP contribution in [0.15, 0.2) is 39.8 Å². The summed E-state index contributed by atoms with van der Waals surface area (Å²) >= 11 is 3.57. The Morgan fingerprint density at radius 1 is 1.16 bits per heavy atom. The standard InChI is InChI=1S/C17H23BrN4O2S/c1-3-21-13-17(14(2)19-21)25(23,24)22-10-8-20(9-11-22)12-15-6-4-5-7-16(15)18/h4-7,13H,3,8-12H2,1-2H3. The Balaban J connectivity index is 1.67. The van der Waals surface area contributed by atoms with Crippen LogP contribution < -0.4 is 0 Å². The predicted molar refractivity (Wildman–Crippen MR) is 101 cm³/mol. The van der Waals surface area contributed by atoms with E-state index in [2.05, 4.69) is 32.0 Å². The largest absolute Gasteiger partial charge is 0.296 e. The molecule has 1 aliphatic heterocycles. The first-order valence-electron chi connectivity index (χ1n) is 8.41. The van der Waals surface area contributed by atoms with Crippen molar-refractivity contribution in [3.8, 4) is 0 Å². The highest BCUT2D eigenvalue weighted by Gasteiger charge is 2.31. The molecule has 3 rings (SSSR count). The van der Waals surface area contributed by atoms with Gasteiger partial charge >= 0.3 is 0 Å². The lowest BCUT2D eigenvalue weighted by molar-refractivity contribution is 0.181. The highest BCUT2D eigenvalue weighted by Crippen LogP contribution is 2.22. The molecule has 1 aromatic carbocycles. The van der Waals surface area contributed by atoms with Crippen LogP contribution in [0.2, 0.25) is 0 Å². The Morgan fingerprint density at radius 3 is 2.44 bits per heavy atom. The first-order chi connectivity index (χ1) is 11.9. The molecule has 0 atom stereocenters. The minimum absolute atomic E-state index is 0.327. The fraction of sp³-hybridized carbons (Fsp3) is 0.471. The first-order valence-corrected chi connectivity index (χ1v) is 10.6. The molecule has 1 aliphatic rings. The third kappa shape index (κ3) is 3.97. The Morgan fingerprint density at radius 2 is 1.84 bits per heavy atom. The SMILES string of the molecule is CCn1cc(S(=O)(=O)N2CCN(Cc3ccccc3Br)CC2)c(C)n1. The van der Waals surface area contributed by atoms with Gasteiger partial charge in [0.2, 0.25) is 10.0 Å². The Labute approximate surface area is 157 Å². The van der Waals surface area contributed by atoms with Crippen molar-refractivity contribution in [3.05, 3.63) is 46.2 Å². The molecule has 0 N–H and O–H groups in total. The molecule has 1 aromatic heterocycles. The van der Waals surface area contributed by atoms with Crippen LogP contribution >= 0.6 is 15.9 Å². The molecule has 0 radical (unpaired) electrons. The van der Waals surface area contributed by atoms with Crippen molar-refractivity contribution in [2.75, 3.05) is 26.2 Å². The maximum atomic E-state index is 12.9. The summed E-state index contributed by atoms with van der Waals surface area (Å²) in [4.78, 5) is 2.61. The summed E-state index contributed by atoms with van der Waals surface area (Å²) in [5.41, 5.74) is 1.79. The lowest BCUT2D eigenvalue weighted by atomic mass is 10.2. The molecule has 25 heavy (non-hydrogen) atoms. The second-order valence-electron chi connectivity index (χ2n) is 6.21. The second-order valence-corrected chi connectivity index (χ2v) is 8.97. The summed E-state index contributed by atoms with van der Waals surface area (Å²) in [5.74, 6) is 0. The molecule has 0 unspecified atom stereocenters. The van der Waals surface area contributed by atoms with E-state index in [9.17, 15) is 8.42 Å². The van der Waals surface area contributed by atoms with Gasteiger partial charge in [0.1, 0.15) is 4.90 Å². The first kappa shape index (κ1) is 18.6. The van der Waals surface area contributed by atoms with E-state index < -0.39 is 10.0 Å². The van der Waals surface area contributed by atoms with Crippen LogP contribution in [-0.4, -0.2) is 53.6 Å². The van der Waals surface area contributed by atoms with E-state index >= 15 is 0 Å². The number of halogens is 1. The fourth-order valence-electron chi connectivity index (χ4n) is 3.05. The molecular weight excluding hydrogens is 404 g/mol. The Bertz CT molecular complexity index is 842. The zero-order valence-corrected chi connectivity index (χ0v) is 16.9. The molecule has 6 nitrogen and oxygen atoms in total. The molecule has 2 heterocycles. The summed E-state index contributed by atoms with van der Waals surface area (Å²) < 4.78 is 30.1. The molecule has 136 valence electrons. The number of benzene rings is 1. The van der Waals surface area contributed by atoms with Crippen molar-refractivity contribution >= 4 is 26.0 Å². The van der Waals surface area contributed by atoms with E-state index in [0.717, 1.165) is 24.1 Å². The van der Waals surface area contributed by atoms with Crippen LogP contribution in [0.4, 0.5) is 0 Å². The third-order valence-electron chi connectivity index (χ3n) is 4.53. The molecule has 0 aliphatic carbocycles. The molecule has 0 bridgehead atoms. The smallest absolute Gasteiger partial charge is 0.246 e. The highest BCUT2D eigenvalue weighted by molar-refractivity contribution is 9.10. The van der Waals surface area contributed by atoms with E-state index in [1.165, 1.54) is 5.56 Å². The number of aryl methyl sites for hydroxylation is 2. The van der Waals surface area contributed by atoms with Gasteiger partial charge in [-0.05, 0) is 25.5 Å². The van der Waals surface area contributed by atoms with Crippen molar-refractivity contribution in [3.63, 3.8) is 0 Å². The maximum absolute atomic E-state index is 12.9. The number of aromatic nitrogens is 2. The lowest BCUT2D eigenvalue weighted by Crippen LogP contribution is -2.48. The second kappa shape index (κ2) is 7.57. The number of piperazine rings is 1. The number of hydrogen-bond donors (Lipinski definition) is 0. The van der Waals surface area contributed by atoms with Gasteiger partial charge in [-0.15, -0.1) is 0 Å². The quantitative estimate of drug-likeness (QED) is 0.736. The van der Waals surface area contributed by atoms with Gasteiger partial charge in [0, 0.05) is 49.9 Å². The number of sulfonamides is 1. The van der Waals surface area contributed by atoms with Gasteiger partial charge in [-0.25, -0.2) is 8.42 Å². The van der Waals surface area contributed by atoms with Crippen LogP contribution in [0, 0.1) is 6.92 Å². The van der Waals surface area contributed by atoms with Crippen molar-refractivity contribution < 1.29 is 8.42 Å². The number of rotatable bonds is 5. The van der Waals surface area contributed by atoms with Crippen molar-refractivity contribution in [2.24, 2.45) is 0 Å². The van der Waals surface area contributed by atoms with E-state index in [1.807, 2.05) is 25.1 Å². The summed E-state index contributed by atoms with van der Waals surface area (Å²) in [7, 11) is -3.47. The monoisotopic (exact) mass is 426 g/mol. The fourth-order valence-corrected chi connectivity index (χ4v) is 5.05. The molecule has 2 aromatic rings. The van der Waals surface area contributed by atoms with Gasteiger partial charge in [0.05, 0.1) is 5.69 Å². The average molecular weight is 427 g/mol. The summed E-state index contributed by atoms with van der Waals surface area (Å²) in [6.07, 6.45) is 1.64. The zero-order valence-electron chi connectivity index (χ0n) is 14.5. The topological polar surface area (TPSA) is 58.4 Å². The molecule has 1 fully saturated rings. The Kier molecular flexibility index (Phi) is 5.62. The molecule has 0 saturated carbocycles. The van der Waals surface area contributed by atoms with Crippen LogP contribution in [0.3, 0.4) is 0 Å². The predicted octanol–water partition coefficient (Wildman–Crippen LogP) is 2.48. The summed E-state index contributed by atoms with van der Waals surface area (Å²) in [6, 6.07) is 8.14. The van der Waals surface area contributed by atoms with Crippen LogP contribution in [0.25, 0.3) is 0 Å². The summed E-state index contributed by atoms with van der Waals surface area (Å²) in [6.45, 7) is 7.64. The van der Waals surface area contributed by atoms with Gasteiger partial charge < -0.3 is 0 Å². The number of hydrogen-bond acceptors (Lipinski definition) is 4. The van der Waals surface area contributed by atoms with Gasteiger partial charge in [-0.1, -0.05) is 34.1 Å². The zero-order chi connectivity index (χ0) is 18.0. The van der Waals surface area contributed by atoms with Gasteiger partial charge in [-0.3, -0.25) is 9.58 Å². The van der Waals surface area contributed by atoms with Gasteiger partial charge in [0.15, 0.2) is 0 Å². The normalized spacial score (nSPS) is 17.1. The van der Waals surface area contributed by atoms with Crippen LogP contribution in [0.1, 0.15) is 18.2 Å². The van der Waals surface area contributed by atoms with Crippen LogP contribution in [0.5, 0.6) is 0 Å². The van der Waals surface area contributed by atoms with Crippen molar-refractivity contribution in [2.45, 2.75) is 31.8 Å². The molecule has 0 spiro atoms. The van der Waals surface area contributed by atoms with Crippen molar-refractivity contribution in [1.29, 1.82) is 0 Å². The Hall–Kier alpha value is -1.22. The number of nitrogens with zero attached hydrogens (tertiary/aromatic N) is 4. The van der Waals surface area contributed by atoms with E-state index in [-0.39, 0.29) is 0 Å². The maximum Gasteiger partial charge on any atom is 0.246 e. The lowest BCUT2D eigenvalue weighted by Gasteiger charge is -2.34. The van der Waals surface area contributed by atoms with Crippen LogP contribution in [-0.2, 0) is 23.1 Å². The van der Waals surface area contributed by atoms with Crippen molar-refractivity contribution in [1.82, 2.24) is 19.0 Å². The third-order valence-corrected chi connectivity index (χ3v) is 7.30. The highest BCUT2D eigenvalue weighted by atomic mass is 79.9. The molecule has 1 saturated heterocycles. The summed E-state index contributed by atoms with van der Waals surface area (Å²) in [5, 5.41) is 4.27. The van der Waals surface area contributed by atoms with Gasteiger partial charge in [0.25, 0.3) is 0 Å². The molecular formula is C17H23BrN4O2S. The van der Waals surface area contributed by atoms with Gasteiger partial charge in [-0.2, -0.15) is 9.40 Å². The minimum atomic E-state index is -3.47.